The molecule has 0 atom stereocenters. The largest absolute Gasteiger partial charge is 0.497 e. The molecule has 3 aromatic rings. The number of nitrogens with one attached hydrogen (secondary N) is 3. The maximum Gasteiger partial charge on any atom is 0.185 e. The highest BCUT2D eigenvalue weighted by atomic mass is 32.1. The van der Waals surface area contributed by atoms with Gasteiger partial charge in [-0.25, -0.2) is 9.97 Å². The number of methoxy groups -OCH3 is 1. The number of rotatable bonds is 6. The molecule has 0 saturated heterocycles. The van der Waals surface area contributed by atoms with Gasteiger partial charge in [-0.3, -0.25) is 10.9 Å². The second kappa shape index (κ2) is 7.91. The summed E-state index contributed by atoms with van der Waals surface area (Å²) >= 11 is 6.77. The fourth-order valence-corrected chi connectivity index (χ4v) is 3.36. The first-order valence-electron chi connectivity index (χ1n) is 7.51. The molecular formula is C17H17N5OS2. The van der Waals surface area contributed by atoms with Gasteiger partial charge in [0.05, 0.1) is 17.3 Å². The van der Waals surface area contributed by atoms with Crippen LogP contribution in [-0.2, 0) is 0 Å². The predicted octanol–water partition coefficient (Wildman–Crippen LogP) is 3.34. The van der Waals surface area contributed by atoms with Crippen LogP contribution in [0.3, 0.4) is 0 Å². The van der Waals surface area contributed by atoms with Crippen molar-refractivity contribution in [3.05, 3.63) is 49.3 Å². The van der Waals surface area contributed by atoms with Crippen molar-refractivity contribution in [2.75, 3.05) is 19.1 Å². The molecule has 25 heavy (non-hydrogen) atoms. The van der Waals surface area contributed by atoms with E-state index in [2.05, 4.69) is 32.7 Å². The monoisotopic (exact) mass is 371 g/mol. The van der Waals surface area contributed by atoms with Gasteiger partial charge in [-0.2, -0.15) is 0 Å². The van der Waals surface area contributed by atoms with E-state index in [1.165, 1.54) is 6.33 Å². The van der Waals surface area contributed by atoms with E-state index in [0.717, 1.165) is 26.4 Å². The molecule has 128 valence electrons. The third kappa shape index (κ3) is 4.04. The lowest BCUT2D eigenvalue weighted by Crippen LogP contribution is -2.39. The van der Waals surface area contributed by atoms with Gasteiger partial charge in [0, 0.05) is 11.4 Å². The molecule has 3 rings (SSSR count). The highest BCUT2D eigenvalue weighted by Crippen LogP contribution is 2.35. The van der Waals surface area contributed by atoms with E-state index in [9.17, 15) is 0 Å². The zero-order valence-corrected chi connectivity index (χ0v) is 15.2. The number of nitrogens with zero attached hydrogens (tertiary/aromatic N) is 2. The fraction of sp³-hybridized carbons (Fsp3) is 0.118. The number of anilines is 1. The third-order valence-corrected chi connectivity index (χ3v) is 4.81. The van der Waals surface area contributed by atoms with Gasteiger partial charge in [0.1, 0.15) is 12.1 Å². The molecule has 8 heteroatoms. The van der Waals surface area contributed by atoms with Crippen LogP contribution in [0.25, 0.3) is 20.7 Å². The summed E-state index contributed by atoms with van der Waals surface area (Å²) < 4.78 is 6.16. The van der Waals surface area contributed by atoms with Gasteiger partial charge in [-0.05, 0) is 48.1 Å². The normalized spacial score (nSPS) is 10.3. The Balaban J connectivity index is 1.82. The lowest BCUT2D eigenvalue weighted by molar-refractivity contribution is 0.415. The van der Waals surface area contributed by atoms with Crippen molar-refractivity contribution in [3.63, 3.8) is 0 Å². The number of ether oxygens (including phenoxy) is 1. The third-order valence-electron chi connectivity index (χ3n) is 3.39. The van der Waals surface area contributed by atoms with Crippen LogP contribution < -0.4 is 20.9 Å². The van der Waals surface area contributed by atoms with E-state index in [1.54, 1.807) is 24.5 Å². The second-order valence-electron chi connectivity index (χ2n) is 5.02. The quantitative estimate of drug-likeness (QED) is 0.349. The van der Waals surface area contributed by atoms with Crippen LogP contribution in [-0.4, -0.2) is 28.7 Å². The second-order valence-corrected chi connectivity index (χ2v) is 6.48. The molecule has 0 radical (unpaired) electrons. The van der Waals surface area contributed by atoms with Crippen molar-refractivity contribution in [1.29, 1.82) is 0 Å². The standard InChI is InChI=1S/C17H17N5OS2/c1-3-8-18-17(24)22-21-16-15-13(19-10-20-16)9-14(25-15)11-4-6-12(23-2)7-5-11/h3-7,9-10H,1,8H2,2H3,(H2,18,22,24)(H,19,20,21). The van der Waals surface area contributed by atoms with Gasteiger partial charge < -0.3 is 10.1 Å². The van der Waals surface area contributed by atoms with E-state index in [4.69, 9.17) is 17.0 Å². The topological polar surface area (TPSA) is 71.1 Å². The Morgan fingerprint density at radius 2 is 2.12 bits per heavy atom. The van der Waals surface area contributed by atoms with Crippen molar-refractivity contribution in [2.24, 2.45) is 0 Å². The minimum atomic E-state index is 0.471. The average Bonchev–Trinajstić information content (AvgIpc) is 3.09. The number of benzene rings is 1. The Morgan fingerprint density at radius 1 is 1.32 bits per heavy atom. The molecule has 6 nitrogen and oxygen atoms in total. The molecule has 0 amide bonds. The lowest BCUT2D eigenvalue weighted by Gasteiger charge is -2.10. The first-order chi connectivity index (χ1) is 12.2. The van der Waals surface area contributed by atoms with Gasteiger partial charge in [0.25, 0.3) is 0 Å². The number of fused-ring (bicyclic) bond motifs is 1. The van der Waals surface area contributed by atoms with Crippen LogP contribution in [0.15, 0.2) is 49.3 Å². The number of aromatic nitrogens is 2. The van der Waals surface area contributed by atoms with Crippen LogP contribution in [0.5, 0.6) is 5.75 Å². The maximum atomic E-state index is 5.20. The first kappa shape index (κ1) is 17.1. The smallest absolute Gasteiger partial charge is 0.185 e. The van der Waals surface area contributed by atoms with E-state index >= 15 is 0 Å². The molecular weight excluding hydrogens is 354 g/mol. The van der Waals surface area contributed by atoms with Gasteiger partial charge in [0.15, 0.2) is 10.9 Å². The van der Waals surface area contributed by atoms with E-state index in [0.29, 0.717) is 17.5 Å². The minimum Gasteiger partial charge on any atom is -0.497 e. The molecule has 2 heterocycles. The molecule has 0 spiro atoms. The molecule has 0 fully saturated rings. The van der Waals surface area contributed by atoms with Gasteiger partial charge in [0.2, 0.25) is 0 Å². The molecule has 0 bridgehead atoms. The van der Waals surface area contributed by atoms with Crippen molar-refractivity contribution in [3.8, 4) is 16.2 Å². The molecule has 0 aliphatic heterocycles. The van der Waals surface area contributed by atoms with Gasteiger partial charge in [-0.15, -0.1) is 17.9 Å². The van der Waals surface area contributed by atoms with Crippen molar-refractivity contribution < 1.29 is 4.74 Å². The van der Waals surface area contributed by atoms with Crippen LogP contribution in [0.2, 0.25) is 0 Å². The number of thiophene rings is 1. The van der Waals surface area contributed by atoms with E-state index in [1.807, 2.05) is 30.3 Å². The Bertz CT molecular complexity index is 892. The highest BCUT2D eigenvalue weighted by Gasteiger charge is 2.10. The number of thiocarbonyl (C=S) groups is 1. The molecule has 3 N–H and O–H groups in total. The molecule has 2 aromatic heterocycles. The van der Waals surface area contributed by atoms with Crippen LogP contribution in [0.1, 0.15) is 0 Å². The molecule has 0 unspecified atom stereocenters. The van der Waals surface area contributed by atoms with Crippen LogP contribution in [0, 0.1) is 0 Å². The van der Waals surface area contributed by atoms with Crippen LogP contribution in [0.4, 0.5) is 5.82 Å². The summed E-state index contributed by atoms with van der Waals surface area (Å²) in [6.45, 7) is 4.23. The van der Waals surface area contributed by atoms with E-state index < -0.39 is 0 Å². The van der Waals surface area contributed by atoms with Crippen molar-refractivity contribution in [2.45, 2.75) is 0 Å². The summed E-state index contributed by atoms with van der Waals surface area (Å²) in [4.78, 5) is 9.74. The van der Waals surface area contributed by atoms with Crippen molar-refractivity contribution >= 4 is 44.7 Å². The zero-order valence-electron chi connectivity index (χ0n) is 13.6. The molecule has 0 aliphatic carbocycles. The lowest BCUT2D eigenvalue weighted by atomic mass is 10.2. The summed E-state index contributed by atoms with van der Waals surface area (Å²) in [7, 11) is 1.66. The number of hydrogen-bond donors (Lipinski definition) is 3. The van der Waals surface area contributed by atoms with Gasteiger partial charge in [-0.1, -0.05) is 6.08 Å². The predicted molar refractivity (Wildman–Crippen MR) is 107 cm³/mol. The van der Waals surface area contributed by atoms with E-state index in [-0.39, 0.29) is 0 Å². The maximum absolute atomic E-state index is 5.20. The zero-order chi connectivity index (χ0) is 17.6. The van der Waals surface area contributed by atoms with Crippen LogP contribution >= 0.6 is 23.6 Å². The molecule has 1 aromatic carbocycles. The Hall–Kier alpha value is -2.71. The average molecular weight is 371 g/mol. The summed E-state index contributed by atoms with van der Waals surface area (Å²) in [6.07, 6.45) is 3.26. The first-order valence-corrected chi connectivity index (χ1v) is 8.73. The number of hydrogen-bond acceptors (Lipinski definition) is 6. The summed E-state index contributed by atoms with van der Waals surface area (Å²) in [6, 6.07) is 9.97. The van der Waals surface area contributed by atoms with Gasteiger partial charge >= 0.3 is 0 Å². The Labute approximate surface area is 154 Å². The summed E-state index contributed by atoms with van der Waals surface area (Å²) in [5.74, 6) is 1.51. The van der Waals surface area contributed by atoms with Crippen molar-refractivity contribution in [1.82, 2.24) is 20.7 Å². The summed E-state index contributed by atoms with van der Waals surface area (Å²) in [5, 5.41) is 3.45. The SMILES string of the molecule is C=CCNC(=S)NNc1ncnc2cc(-c3ccc(OC)cc3)sc12. The summed E-state index contributed by atoms with van der Waals surface area (Å²) in [5.41, 5.74) is 7.92. The molecule has 0 saturated carbocycles. The number of hydrazine groups is 1. The molecule has 0 aliphatic rings. The fourth-order valence-electron chi connectivity index (χ4n) is 2.17. The minimum absolute atomic E-state index is 0.471. The highest BCUT2D eigenvalue weighted by molar-refractivity contribution is 7.80. The Morgan fingerprint density at radius 3 is 2.84 bits per heavy atom. The Kier molecular flexibility index (Phi) is 5.42.